The Morgan fingerprint density at radius 1 is 1.62 bits per heavy atom. The Kier molecular flexibility index (Phi) is 2.40. The summed E-state index contributed by atoms with van der Waals surface area (Å²) in [5, 5.41) is 7.29. The Morgan fingerprint density at radius 3 is 3.15 bits per heavy atom. The minimum atomic E-state index is -0.0277. The van der Waals surface area contributed by atoms with Crippen molar-refractivity contribution in [3.63, 3.8) is 0 Å². The quantitative estimate of drug-likeness (QED) is 0.707. The van der Waals surface area contributed by atoms with Crippen LogP contribution in [0.5, 0.6) is 0 Å². The smallest absolute Gasteiger partial charge is 0.266 e. The van der Waals surface area contributed by atoms with Crippen LogP contribution in [0, 0.1) is 0 Å². The van der Waals surface area contributed by atoms with Gasteiger partial charge in [0.05, 0.1) is 6.54 Å². The zero-order chi connectivity index (χ0) is 9.10. The molecule has 0 aliphatic heterocycles. The van der Waals surface area contributed by atoms with E-state index in [2.05, 4.69) is 10.4 Å². The predicted molar refractivity (Wildman–Crippen MR) is 49.5 cm³/mol. The molecule has 1 heterocycles. The minimum absolute atomic E-state index is 0.0277. The lowest BCUT2D eigenvalue weighted by molar-refractivity contribution is 0.530. The maximum absolute atomic E-state index is 11.2. The van der Waals surface area contributed by atoms with E-state index in [0.29, 0.717) is 12.6 Å². The van der Waals surface area contributed by atoms with E-state index in [9.17, 15) is 4.79 Å². The Balaban J connectivity index is 1.85. The maximum atomic E-state index is 11.2. The lowest BCUT2D eigenvalue weighted by Gasteiger charge is -2.03. The SMILES string of the molecule is O=c1cccnn1CCNC1CC1. The molecule has 4 nitrogen and oxygen atoms in total. The molecule has 1 aromatic heterocycles. The van der Waals surface area contributed by atoms with Crippen LogP contribution in [0.25, 0.3) is 0 Å². The van der Waals surface area contributed by atoms with Gasteiger partial charge in [0.1, 0.15) is 0 Å². The summed E-state index contributed by atoms with van der Waals surface area (Å²) < 4.78 is 1.48. The Morgan fingerprint density at radius 2 is 2.46 bits per heavy atom. The third-order valence-corrected chi connectivity index (χ3v) is 2.12. The van der Waals surface area contributed by atoms with Gasteiger partial charge in [0.25, 0.3) is 5.56 Å². The van der Waals surface area contributed by atoms with Crippen LogP contribution in [0.15, 0.2) is 23.1 Å². The molecule has 0 spiro atoms. The van der Waals surface area contributed by atoms with E-state index in [0.717, 1.165) is 6.54 Å². The molecule has 1 aliphatic rings. The van der Waals surface area contributed by atoms with E-state index in [4.69, 9.17) is 0 Å². The first-order valence-corrected chi connectivity index (χ1v) is 4.62. The molecule has 2 rings (SSSR count). The van der Waals surface area contributed by atoms with Crippen molar-refractivity contribution in [2.45, 2.75) is 25.4 Å². The normalized spacial score (nSPS) is 16.0. The molecule has 0 aromatic carbocycles. The number of nitrogens with zero attached hydrogens (tertiary/aromatic N) is 2. The summed E-state index contributed by atoms with van der Waals surface area (Å²) in [6.45, 7) is 1.50. The number of rotatable bonds is 4. The van der Waals surface area contributed by atoms with Crippen LogP contribution in [0.2, 0.25) is 0 Å². The van der Waals surface area contributed by atoms with Gasteiger partial charge in [-0.25, -0.2) is 4.68 Å². The maximum Gasteiger partial charge on any atom is 0.266 e. The topological polar surface area (TPSA) is 46.9 Å². The van der Waals surface area contributed by atoms with Gasteiger partial charge >= 0.3 is 0 Å². The van der Waals surface area contributed by atoms with Crippen molar-refractivity contribution in [2.75, 3.05) is 6.54 Å². The van der Waals surface area contributed by atoms with Crippen LogP contribution in [0.3, 0.4) is 0 Å². The van der Waals surface area contributed by atoms with Crippen LogP contribution in [0.4, 0.5) is 0 Å². The van der Waals surface area contributed by atoms with E-state index >= 15 is 0 Å². The molecular formula is C9H13N3O. The summed E-state index contributed by atoms with van der Waals surface area (Å²) in [5.41, 5.74) is -0.0277. The standard InChI is InChI=1S/C9H13N3O/c13-9-2-1-5-11-12(9)7-6-10-8-3-4-8/h1-2,5,8,10H,3-4,6-7H2. The number of hydrogen-bond donors (Lipinski definition) is 1. The Labute approximate surface area is 76.6 Å². The molecule has 0 bridgehead atoms. The Hall–Kier alpha value is -1.16. The van der Waals surface area contributed by atoms with Gasteiger partial charge in [0.2, 0.25) is 0 Å². The van der Waals surface area contributed by atoms with Crippen molar-refractivity contribution < 1.29 is 0 Å². The van der Waals surface area contributed by atoms with Crippen LogP contribution in [-0.4, -0.2) is 22.4 Å². The van der Waals surface area contributed by atoms with E-state index in [1.165, 1.54) is 23.6 Å². The lowest BCUT2D eigenvalue weighted by Crippen LogP contribution is -2.28. The van der Waals surface area contributed by atoms with E-state index in [1.54, 1.807) is 12.3 Å². The van der Waals surface area contributed by atoms with E-state index < -0.39 is 0 Å². The van der Waals surface area contributed by atoms with Gasteiger partial charge in [-0.1, -0.05) is 0 Å². The van der Waals surface area contributed by atoms with E-state index in [1.807, 2.05) is 0 Å². The molecule has 0 atom stereocenters. The van der Waals surface area contributed by atoms with Crippen LogP contribution >= 0.6 is 0 Å². The van der Waals surface area contributed by atoms with Crippen molar-refractivity contribution >= 4 is 0 Å². The molecule has 1 N–H and O–H groups in total. The molecule has 0 amide bonds. The average Bonchev–Trinajstić information content (AvgIpc) is 2.92. The molecule has 1 saturated carbocycles. The van der Waals surface area contributed by atoms with Crippen molar-refractivity contribution in [1.82, 2.24) is 15.1 Å². The second-order valence-corrected chi connectivity index (χ2v) is 3.31. The highest BCUT2D eigenvalue weighted by Gasteiger charge is 2.19. The first-order chi connectivity index (χ1) is 6.36. The van der Waals surface area contributed by atoms with Gasteiger partial charge < -0.3 is 5.32 Å². The van der Waals surface area contributed by atoms with Crippen molar-refractivity contribution in [3.8, 4) is 0 Å². The molecule has 0 unspecified atom stereocenters. The molecule has 0 saturated heterocycles. The monoisotopic (exact) mass is 179 g/mol. The fourth-order valence-corrected chi connectivity index (χ4v) is 1.22. The molecule has 1 fully saturated rings. The van der Waals surface area contributed by atoms with Crippen molar-refractivity contribution in [3.05, 3.63) is 28.7 Å². The summed E-state index contributed by atoms with van der Waals surface area (Å²) in [6, 6.07) is 3.89. The zero-order valence-electron chi connectivity index (χ0n) is 7.44. The van der Waals surface area contributed by atoms with Gasteiger partial charge in [0.15, 0.2) is 0 Å². The summed E-state index contributed by atoms with van der Waals surface area (Å²) in [4.78, 5) is 11.2. The number of aromatic nitrogens is 2. The molecule has 4 heteroatoms. The number of nitrogens with one attached hydrogen (secondary N) is 1. The Bertz CT molecular complexity index is 330. The van der Waals surface area contributed by atoms with Gasteiger partial charge in [-0.2, -0.15) is 5.10 Å². The van der Waals surface area contributed by atoms with Crippen LogP contribution in [0.1, 0.15) is 12.8 Å². The van der Waals surface area contributed by atoms with Gasteiger partial charge in [-0.15, -0.1) is 0 Å². The molecule has 13 heavy (non-hydrogen) atoms. The fourth-order valence-electron chi connectivity index (χ4n) is 1.22. The summed E-state index contributed by atoms with van der Waals surface area (Å²) in [7, 11) is 0. The third-order valence-electron chi connectivity index (χ3n) is 2.12. The first kappa shape index (κ1) is 8.44. The van der Waals surface area contributed by atoms with Crippen molar-refractivity contribution in [2.24, 2.45) is 0 Å². The summed E-state index contributed by atoms with van der Waals surface area (Å²) in [6.07, 6.45) is 4.19. The molecule has 1 aromatic rings. The first-order valence-electron chi connectivity index (χ1n) is 4.62. The van der Waals surface area contributed by atoms with Gasteiger partial charge in [-0.3, -0.25) is 4.79 Å². The fraction of sp³-hybridized carbons (Fsp3) is 0.556. The number of hydrogen-bond acceptors (Lipinski definition) is 3. The zero-order valence-corrected chi connectivity index (χ0v) is 7.44. The van der Waals surface area contributed by atoms with Crippen LogP contribution in [-0.2, 0) is 6.54 Å². The molecule has 70 valence electrons. The van der Waals surface area contributed by atoms with Crippen molar-refractivity contribution in [1.29, 1.82) is 0 Å². The van der Waals surface area contributed by atoms with Gasteiger partial charge in [-0.05, 0) is 18.9 Å². The van der Waals surface area contributed by atoms with E-state index in [-0.39, 0.29) is 5.56 Å². The summed E-state index contributed by atoms with van der Waals surface area (Å²) >= 11 is 0. The summed E-state index contributed by atoms with van der Waals surface area (Å²) in [5.74, 6) is 0. The minimum Gasteiger partial charge on any atom is -0.312 e. The average molecular weight is 179 g/mol. The second-order valence-electron chi connectivity index (χ2n) is 3.31. The highest BCUT2D eigenvalue weighted by atomic mass is 16.1. The second kappa shape index (κ2) is 3.70. The van der Waals surface area contributed by atoms with Crippen LogP contribution < -0.4 is 10.9 Å². The highest BCUT2D eigenvalue weighted by Crippen LogP contribution is 2.17. The third kappa shape index (κ3) is 2.39. The molecule has 0 radical (unpaired) electrons. The van der Waals surface area contributed by atoms with Gasteiger partial charge in [0, 0.05) is 24.8 Å². The lowest BCUT2D eigenvalue weighted by atomic mass is 10.5. The predicted octanol–water partition coefficient (Wildman–Crippen LogP) is -0.00470. The largest absolute Gasteiger partial charge is 0.312 e. The molecule has 1 aliphatic carbocycles. The molecular weight excluding hydrogens is 166 g/mol. The highest BCUT2D eigenvalue weighted by molar-refractivity contribution is 4.85.